The van der Waals surface area contributed by atoms with Gasteiger partial charge in [-0.3, -0.25) is 0 Å². The number of ether oxygens (including phenoxy) is 1. The van der Waals surface area contributed by atoms with Crippen LogP contribution in [0.5, 0.6) is 5.75 Å². The molecule has 0 saturated carbocycles. The second kappa shape index (κ2) is 6.60. The van der Waals surface area contributed by atoms with Crippen molar-refractivity contribution in [2.75, 3.05) is 6.61 Å². The fraction of sp³-hybridized carbons (Fsp3) is 0.250. The zero-order valence-electron chi connectivity index (χ0n) is 11.0. The highest BCUT2D eigenvalue weighted by Crippen LogP contribution is 2.22. The Hall–Kier alpha value is -1.51. The van der Waals surface area contributed by atoms with Crippen LogP contribution in [0.15, 0.2) is 48.5 Å². The van der Waals surface area contributed by atoms with E-state index in [9.17, 15) is 0 Å². The second-order valence-electron chi connectivity index (χ2n) is 4.45. The number of rotatable bonds is 5. The Balaban J connectivity index is 2.11. The van der Waals surface area contributed by atoms with Gasteiger partial charge in [-0.2, -0.15) is 0 Å². The summed E-state index contributed by atoms with van der Waals surface area (Å²) in [6, 6.07) is 15.7. The summed E-state index contributed by atoms with van der Waals surface area (Å²) >= 11 is 5.98. The molecule has 0 spiro atoms. The molecule has 0 aliphatic rings. The molecular formula is C16H18ClNO. The molecule has 0 saturated heterocycles. The third-order valence-electron chi connectivity index (χ3n) is 2.94. The monoisotopic (exact) mass is 275 g/mol. The summed E-state index contributed by atoms with van der Waals surface area (Å²) in [5, 5.41) is 0.743. The molecule has 0 bridgehead atoms. The highest BCUT2D eigenvalue weighted by atomic mass is 35.5. The van der Waals surface area contributed by atoms with E-state index in [4.69, 9.17) is 22.1 Å². The Morgan fingerprint density at radius 2 is 1.95 bits per heavy atom. The highest BCUT2D eigenvalue weighted by molar-refractivity contribution is 6.30. The lowest BCUT2D eigenvalue weighted by Gasteiger charge is -2.14. The van der Waals surface area contributed by atoms with E-state index in [-0.39, 0.29) is 6.04 Å². The molecule has 2 nitrogen and oxygen atoms in total. The average molecular weight is 276 g/mol. The lowest BCUT2D eigenvalue weighted by molar-refractivity contribution is 0.339. The van der Waals surface area contributed by atoms with Gasteiger partial charge < -0.3 is 10.5 Å². The standard InChI is InChI=1S/C16H18ClNO/c1-2-19-15-8-4-6-13(11-15)16(18)10-12-5-3-7-14(17)9-12/h3-9,11,16H,2,10,18H2,1H3. The molecule has 0 aliphatic heterocycles. The van der Waals surface area contributed by atoms with Gasteiger partial charge in [0, 0.05) is 11.1 Å². The number of hydrogen-bond donors (Lipinski definition) is 1. The molecule has 3 heteroatoms. The lowest BCUT2D eigenvalue weighted by atomic mass is 9.99. The van der Waals surface area contributed by atoms with Crippen molar-refractivity contribution in [2.45, 2.75) is 19.4 Å². The Morgan fingerprint density at radius 3 is 2.68 bits per heavy atom. The van der Waals surface area contributed by atoms with Crippen molar-refractivity contribution < 1.29 is 4.74 Å². The minimum absolute atomic E-state index is 0.0566. The maximum atomic E-state index is 6.24. The van der Waals surface area contributed by atoms with Crippen molar-refractivity contribution in [3.63, 3.8) is 0 Å². The molecule has 0 aliphatic carbocycles. The summed E-state index contributed by atoms with van der Waals surface area (Å²) in [5.41, 5.74) is 8.46. The Bertz CT molecular complexity index is 542. The minimum atomic E-state index is -0.0566. The van der Waals surface area contributed by atoms with Crippen LogP contribution in [0, 0.1) is 0 Å². The van der Waals surface area contributed by atoms with Crippen LogP contribution < -0.4 is 10.5 Å². The zero-order valence-corrected chi connectivity index (χ0v) is 11.7. The van der Waals surface area contributed by atoms with Crippen LogP contribution in [0.25, 0.3) is 0 Å². The molecule has 2 aromatic carbocycles. The molecule has 100 valence electrons. The first-order chi connectivity index (χ1) is 9.19. The topological polar surface area (TPSA) is 35.2 Å². The summed E-state index contributed by atoms with van der Waals surface area (Å²) in [6.07, 6.45) is 0.760. The lowest BCUT2D eigenvalue weighted by Crippen LogP contribution is -2.13. The van der Waals surface area contributed by atoms with Crippen molar-refractivity contribution in [3.05, 3.63) is 64.7 Å². The van der Waals surface area contributed by atoms with Crippen LogP contribution in [0.1, 0.15) is 24.1 Å². The molecule has 0 heterocycles. The predicted octanol–water partition coefficient (Wildman–Crippen LogP) is 3.98. The van der Waals surface area contributed by atoms with Gasteiger partial charge in [-0.25, -0.2) is 0 Å². The Labute approximate surface area is 119 Å². The first-order valence-electron chi connectivity index (χ1n) is 6.42. The molecule has 0 radical (unpaired) electrons. The summed E-state index contributed by atoms with van der Waals surface area (Å²) < 4.78 is 5.49. The zero-order chi connectivity index (χ0) is 13.7. The van der Waals surface area contributed by atoms with E-state index in [1.165, 1.54) is 0 Å². The van der Waals surface area contributed by atoms with E-state index in [0.29, 0.717) is 6.61 Å². The van der Waals surface area contributed by atoms with Crippen LogP contribution >= 0.6 is 11.6 Å². The van der Waals surface area contributed by atoms with Gasteiger partial charge in [0.1, 0.15) is 5.75 Å². The van der Waals surface area contributed by atoms with Gasteiger partial charge in [-0.1, -0.05) is 35.9 Å². The maximum Gasteiger partial charge on any atom is 0.119 e. The number of halogens is 1. The summed E-state index contributed by atoms with van der Waals surface area (Å²) in [7, 11) is 0. The van der Waals surface area contributed by atoms with Gasteiger partial charge in [0.2, 0.25) is 0 Å². The van der Waals surface area contributed by atoms with Gasteiger partial charge in [0.15, 0.2) is 0 Å². The van der Waals surface area contributed by atoms with Crippen LogP contribution in [0.2, 0.25) is 5.02 Å². The second-order valence-corrected chi connectivity index (χ2v) is 4.88. The quantitative estimate of drug-likeness (QED) is 0.896. The molecule has 1 atom stereocenters. The predicted molar refractivity (Wildman–Crippen MR) is 79.7 cm³/mol. The fourth-order valence-corrected chi connectivity index (χ4v) is 2.25. The van der Waals surface area contributed by atoms with Crippen LogP contribution in [-0.2, 0) is 6.42 Å². The largest absolute Gasteiger partial charge is 0.494 e. The van der Waals surface area contributed by atoms with Crippen LogP contribution in [-0.4, -0.2) is 6.61 Å². The van der Waals surface area contributed by atoms with Crippen molar-refractivity contribution in [1.82, 2.24) is 0 Å². The molecule has 0 fully saturated rings. The van der Waals surface area contributed by atoms with E-state index < -0.39 is 0 Å². The average Bonchev–Trinajstić information content (AvgIpc) is 2.39. The van der Waals surface area contributed by atoms with Gasteiger partial charge in [-0.15, -0.1) is 0 Å². The molecule has 2 N–H and O–H groups in total. The molecule has 0 amide bonds. The Morgan fingerprint density at radius 1 is 1.16 bits per heavy atom. The number of nitrogens with two attached hydrogens (primary N) is 1. The van der Waals surface area contributed by atoms with Crippen molar-refractivity contribution in [3.8, 4) is 5.75 Å². The molecule has 19 heavy (non-hydrogen) atoms. The highest BCUT2D eigenvalue weighted by Gasteiger charge is 2.08. The van der Waals surface area contributed by atoms with E-state index in [1.54, 1.807) is 0 Å². The van der Waals surface area contributed by atoms with Crippen molar-refractivity contribution in [1.29, 1.82) is 0 Å². The summed E-state index contributed by atoms with van der Waals surface area (Å²) in [4.78, 5) is 0. The van der Waals surface area contributed by atoms with E-state index >= 15 is 0 Å². The summed E-state index contributed by atoms with van der Waals surface area (Å²) in [6.45, 7) is 2.63. The fourth-order valence-electron chi connectivity index (χ4n) is 2.04. The summed E-state index contributed by atoms with van der Waals surface area (Å²) in [5.74, 6) is 0.863. The van der Waals surface area contributed by atoms with Gasteiger partial charge in [-0.05, 0) is 48.7 Å². The molecule has 1 unspecified atom stereocenters. The normalized spacial score (nSPS) is 12.2. The smallest absolute Gasteiger partial charge is 0.119 e. The molecule has 2 rings (SSSR count). The van der Waals surface area contributed by atoms with Crippen molar-refractivity contribution >= 4 is 11.6 Å². The van der Waals surface area contributed by atoms with Crippen LogP contribution in [0.3, 0.4) is 0 Å². The molecule has 2 aromatic rings. The Kier molecular flexibility index (Phi) is 4.83. The van der Waals surface area contributed by atoms with E-state index in [0.717, 1.165) is 28.3 Å². The molecular weight excluding hydrogens is 258 g/mol. The maximum absolute atomic E-state index is 6.24. The SMILES string of the molecule is CCOc1cccc(C(N)Cc2cccc(Cl)c2)c1. The first-order valence-corrected chi connectivity index (χ1v) is 6.79. The third kappa shape index (κ3) is 3.98. The molecule has 0 aromatic heterocycles. The van der Waals surface area contributed by atoms with Crippen molar-refractivity contribution in [2.24, 2.45) is 5.73 Å². The number of hydrogen-bond acceptors (Lipinski definition) is 2. The van der Waals surface area contributed by atoms with Gasteiger partial charge >= 0.3 is 0 Å². The minimum Gasteiger partial charge on any atom is -0.494 e. The number of benzene rings is 2. The van der Waals surface area contributed by atoms with E-state index in [2.05, 4.69) is 0 Å². The van der Waals surface area contributed by atoms with Gasteiger partial charge in [0.05, 0.1) is 6.61 Å². The third-order valence-corrected chi connectivity index (χ3v) is 3.18. The van der Waals surface area contributed by atoms with Gasteiger partial charge in [0.25, 0.3) is 0 Å². The van der Waals surface area contributed by atoms with Crippen LogP contribution in [0.4, 0.5) is 0 Å². The first kappa shape index (κ1) is 13.9. The van der Waals surface area contributed by atoms with E-state index in [1.807, 2.05) is 55.5 Å².